The zero-order valence-electron chi connectivity index (χ0n) is 7.29. The summed E-state index contributed by atoms with van der Waals surface area (Å²) in [7, 11) is 0.816. The highest BCUT2D eigenvalue weighted by Gasteiger charge is 2.07. The second-order valence-electron chi connectivity index (χ2n) is 2.47. The van der Waals surface area contributed by atoms with Crippen LogP contribution in [0.5, 0.6) is 0 Å². The van der Waals surface area contributed by atoms with Crippen LogP contribution in [0.2, 0.25) is 5.02 Å². The average molecular weight is 289 g/mol. The Hall–Kier alpha value is 0.910. The van der Waals surface area contributed by atoms with Gasteiger partial charge in [0.1, 0.15) is 0 Å². The Morgan fingerprint density at radius 1 is 1.36 bits per heavy atom. The van der Waals surface area contributed by atoms with Gasteiger partial charge in [0.2, 0.25) is 5.69 Å². The molecule has 0 saturated heterocycles. The van der Waals surface area contributed by atoms with Gasteiger partial charge in [0, 0.05) is 9.92 Å². The van der Waals surface area contributed by atoms with Crippen molar-refractivity contribution in [3.8, 4) is 0 Å². The molecule has 0 bridgehead atoms. The van der Waals surface area contributed by atoms with E-state index >= 15 is 0 Å². The lowest BCUT2D eigenvalue weighted by molar-refractivity contribution is 0.502. The predicted molar refractivity (Wildman–Crippen MR) is 70.9 cm³/mol. The first-order valence-electron chi connectivity index (χ1n) is 3.57. The second kappa shape index (κ2) is 5.30. The van der Waals surface area contributed by atoms with Gasteiger partial charge in [-0.1, -0.05) is 43.7 Å². The van der Waals surface area contributed by atoms with E-state index in [4.69, 9.17) is 11.6 Å². The maximum absolute atomic E-state index is 9.30. The molecular weight excluding hydrogens is 279 g/mol. The van der Waals surface area contributed by atoms with Gasteiger partial charge in [-0.3, -0.25) is 0 Å². The van der Waals surface area contributed by atoms with Gasteiger partial charge in [0.25, 0.3) is 0 Å². The topological polar surface area (TPSA) is 40.5 Å². The molecule has 0 saturated carbocycles. The van der Waals surface area contributed by atoms with Crippen molar-refractivity contribution in [3.63, 3.8) is 0 Å². The van der Waals surface area contributed by atoms with E-state index in [1.165, 1.54) is 10.8 Å². The molecule has 1 rings (SSSR count). The highest BCUT2D eigenvalue weighted by atomic mass is 35.5. The summed E-state index contributed by atoms with van der Waals surface area (Å²) in [6.07, 6.45) is 1.76. The summed E-state index contributed by atoms with van der Waals surface area (Å²) in [6, 6.07) is 7.24. The maximum atomic E-state index is 9.30. The Balaban J connectivity index is 2.86. The number of thiol groups is 1. The monoisotopic (exact) mass is 288 g/mol. The standard InChI is InChI=1S/C7H10ClO2PS3/c1-14(11(9,10)12)13-7-4-2-6(8)3-5-7/h2-5,9-10,12H,1H3. The summed E-state index contributed by atoms with van der Waals surface area (Å²) >= 11 is 9.51. The minimum atomic E-state index is -3.03. The second-order valence-corrected chi connectivity index (χ2v) is 13.8. The Labute approximate surface area is 99.3 Å². The molecule has 1 aromatic rings. The van der Waals surface area contributed by atoms with Crippen LogP contribution in [-0.2, 0) is 9.11 Å². The smallest absolute Gasteiger partial charge is 0.208 e. The number of rotatable bonds is 2. The van der Waals surface area contributed by atoms with E-state index in [1.807, 2.05) is 12.1 Å². The minimum absolute atomic E-state index is 0.585. The van der Waals surface area contributed by atoms with Crippen LogP contribution >= 0.6 is 40.3 Å². The summed E-state index contributed by atoms with van der Waals surface area (Å²) in [6.45, 7) is 0. The highest BCUT2D eigenvalue weighted by Crippen LogP contribution is 2.50. The zero-order valence-corrected chi connectivity index (χ0v) is 11.5. The molecule has 14 heavy (non-hydrogen) atoms. The van der Waals surface area contributed by atoms with Crippen molar-refractivity contribution >= 4 is 49.4 Å². The normalized spacial score (nSPS) is 14.1. The summed E-state index contributed by atoms with van der Waals surface area (Å²) < 4.78 is 0. The molecule has 2 nitrogen and oxygen atoms in total. The van der Waals surface area contributed by atoms with Gasteiger partial charge in [0.15, 0.2) is 0 Å². The summed E-state index contributed by atoms with van der Waals surface area (Å²) in [4.78, 5) is 19.6. The first kappa shape index (κ1) is 13.0. The molecule has 7 heteroatoms. The van der Waals surface area contributed by atoms with Crippen LogP contribution in [-0.4, -0.2) is 16.0 Å². The first-order valence-corrected chi connectivity index (χ1v) is 10.4. The molecule has 0 spiro atoms. The Kier molecular flexibility index (Phi) is 4.91. The van der Waals surface area contributed by atoms with Crippen molar-refractivity contribution in [2.45, 2.75) is 4.90 Å². The van der Waals surface area contributed by atoms with E-state index in [0.717, 1.165) is 4.90 Å². The fourth-order valence-electron chi connectivity index (χ4n) is 0.679. The third kappa shape index (κ3) is 4.19. The van der Waals surface area contributed by atoms with Gasteiger partial charge in [-0.05, 0) is 30.5 Å². The van der Waals surface area contributed by atoms with Gasteiger partial charge >= 0.3 is 0 Å². The molecular formula is C7H10ClO2PS3. The highest BCUT2D eigenvalue weighted by molar-refractivity contribution is 8.91. The fraction of sp³-hybridized carbons (Fsp3) is 0.143. The number of halogens is 1. The van der Waals surface area contributed by atoms with Crippen molar-refractivity contribution in [1.82, 2.24) is 0 Å². The summed E-state index contributed by atoms with van der Waals surface area (Å²) in [5.74, 6) is 0. The van der Waals surface area contributed by atoms with Gasteiger partial charge in [0.05, 0.1) is 0 Å². The van der Waals surface area contributed by atoms with Crippen molar-refractivity contribution < 1.29 is 9.79 Å². The van der Waals surface area contributed by atoms with Crippen LogP contribution in [0.4, 0.5) is 0 Å². The SMILES string of the molecule is CS(Sc1ccc(Cl)cc1)=P(O)(O)S. The van der Waals surface area contributed by atoms with E-state index in [9.17, 15) is 9.79 Å². The molecule has 0 aliphatic carbocycles. The van der Waals surface area contributed by atoms with E-state index < -0.39 is 14.8 Å². The van der Waals surface area contributed by atoms with Gasteiger partial charge in [-0.2, -0.15) is 0 Å². The lowest BCUT2D eigenvalue weighted by Gasteiger charge is -2.10. The third-order valence-electron chi connectivity index (χ3n) is 1.38. The van der Waals surface area contributed by atoms with Crippen LogP contribution < -0.4 is 0 Å². The predicted octanol–water partition coefficient (Wildman–Crippen LogP) is 3.19. The lowest BCUT2D eigenvalue weighted by atomic mass is 10.4. The lowest BCUT2D eigenvalue weighted by Crippen LogP contribution is -1.81. The van der Waals surface area contributed by atoms with E-state index in [0.29, 0.717) is 5.02 Å². The molecule has 80 valence electrons. The van der Waals surface area contributed by atoms with Crippen LogP contribution in [0.25, 0.3) is 0 Å². The van der Waals surface area contributed by atoms with Crippen LogP contribution in [0.15, 0.2) is 29.2 Å². The number of benzene rings is 1. The molecule has 0 aliphatic heterocycles. The molecule has 1 atom stereocenters. The van der Waals surface area contributed by atoms with Gasteiger partial charge < -0.3 is 9.79 Å². The van der Waals surface area contributed by atoms with E-state index in [1.54, 1.807) is 18.4 Å². The minimum Gasteiger partial charge on any atom is -0.341 e. The molecule has 0 fully saturated rings. The quantitative estimate of drug-likeness (QED) is 0.445. The molecule has 0 amide bonds. The molecule has 1 aromatic carbocycles. The molecule has 0 aromatic heterocycles. The van der Waals surface area contributed by atoms with Crippen LogP contribution in [0, 0.1) is 0 Å². The summed E-state index contributed by atoms with van der Waals surface area (Å²) in [5.41, 5.74) is -3.03. The number of hydrogen-bond donors (Lipinski definition) is 3. The average Bonchev–Trinajstić information content (AvgIpc) is 2.07. The fourth-order valence-corrected chi connectivity index (χ4v) is 5.47. The van der Waals surface area contributed by atoms with E-state index in [-0.39, 0.29) is 0 Å². The molecule has 0 radical (unpaired) electrons. The maximum Gasteiger partial charge on any atom is 0.208 e. The third-order valence-corrected chi connectivity index (χ3v) is 12.1. The number of hydrogen-bond acceptors (Lipinski definition) is 1. The van der Waals surface area contributed by atoms with E-state index in [2.05, 4.69) is 12.2 Å². The molecule has 2 N–H and O–H groups in total. The van der Waals surface area contributed by atoms with Crippen molar-refractivity contribution in [2.75, 3.05) is 6.26 Å². The zero-order chi connectivity index (χ0) is 10.8. The largest absolute Gasteiger partial charge is 0.341 e. The Morgan fingerprint density at radius 3 is 2.29 bits per heavy atom. The van der Waals surface area contributed by atoms with Gasteiger partial charge in [-0.25, -0.2) is 0 Å². The molecule has 0 aliphatic rings. The van der Waals surface area contributed by atoms with Crippen LogP contribution in [0.3, 0.4) is 0 Å². The van der Waals surface area contributed by atoms with Crippen molar-refractivity contribution in [1.29, 1.82) is 0 Å². The Bertz CT molecular complexity index is 365. The molecule has 1 unspecified atom stereocenters. The van der Waals surface area contributed by atoms with Gasteiger partial charge in [-0.15, -0.1) is 0 Å². The van der Waals surface area contributed by atoms with Crippen LogP contribution in [0.1, 0.15) is 0 Å². The summed E-state index contributed by atoms with van der Waals surface area (Å²) in [5, 5.41) is 0.672. The van der Waals surface area contributed by atoms with Crippen molar-refractivity contribution in [3.05, 3.63) is 29.3 Å². The first-order chi connectivity index (χ1) is 6.39. The Morgan fingerprint density at radius 2 is 1.86 bits per heavy atom. The van der Waals surface area contributed by atoms with Crippen molar-refractivity contribution in [2.24, 2.45) is 0 Å². The molecule has 0 heterocycles.